The van der Waals surface area contributed by atoms with Crippen molar-refractivity contribution in [2.75, 3.05) is 26.2 Å². The minimum absolute atomic E-state index is 0.0171. The van der Waals surface area contributed by atoms with E-state index in [0.717, 1.165) is 40.1 Å². The van der Waals surface area contributed by atoms with Crippen molar-refractivity contribution in [3.8, 4) is 11.5 Å². The number of rotatable bonds is 7. The largest absolute Gasteiger partial charge is 0.507 e. The number of hydrogen-bond donors (Lipinski definition) is 1. The maximum atomic E-state index is 13.5. The second-order valence-corrected chi connectivity index (χ2v) is 9.16. The molecule has 1 aliphatic heterocycles. The van der Waals surface area contributed by atoms with Crippen LogP contribution in [0.5, 0.6) is 11.5 Å². The molecule has 4 nitrogen and oxygen atoms in total. The van der Waals surface area contributed by atoms with Crippen LogP contribution in [0.3, 0.4) is 0 Å². The number of ether oxygens (including phenoxy) is 1. The molecule has 1 aliphatic carbocycles. The number of hydrogen-bond acceptors (Lipinski definition) is 4. The van der Waals surface area contributed by atoms with Crippen LogP contribution in [0.15, 0.2) is 78.4 Å². The van der Waals surface area contributed by atoms with E-state index in [9.17, 15) is 9.90 Å². The summed E-state index contributed by atoms with van der Waals surface area (Å²) in [6, 6.07) is 23.0. The number of Topliss-reactive ketones (excluding diaryl/α,β-unsaturated/α-hetero) is 1. The van der Waals surface area contributed by atoms with Crippen LogP contribution in [0.4, 0.5) is 0 Å². The highest BCUT2D eigenvalue weighted by Crippen LogP contribution is 2.40. The average molecular weight is 454 g/mol. The predicted molar refractivity (Wildman–Crippen MR) is 135 cm³/mol. The molecule has 0 bridgehead atoms. The molecule has 1 heterocycles. The van der Waals surface area contributed by atoms with Crippen LogP contribution in [-0.4, -0.2) is 42.0 Å². The first-order valence-corrected chi connectivity index (χ1v) is 12.3. The number of phenols is 1. The lowest BCUT2D eigenvalue weighted by atomic mass is 9.93. The molecule has 2 aliphatic rings. The zero-order valence-corrected chi connectivity index (χ0v) is 19.5. The molecule has 3 aromatic carbocycles. The van der Waals surface area contributed by atoms with Gasteiger partial charge in [0.2, 0.25) is 0 Å². The summed E-state index contributed by atoms with van der Waals surface area (Å²) in [4.78, 5) is 16.0. The van der Waals surface area contributed by atoms with Gasteiger partial charge in [0.1, 0.15) is 18.1 Å². The molecule has 0 aromatic heterocycles. The quantitative estimate of drug-likeness (QED) is 0.453. The molecule has 174 valence electrons. The van der Waals surface area contributed by atoms with Gasteiger partial charge in [-0.2, -0.15) is 0 Å². The van der Waals surface area contributed by atoms with Crippen LogP contribution >= 0.6 is 0 Å². The van der Waals surface area contributed by atoms with Crippen molar-refractivity contribution in [1.29, 1.82) is 0 Å². The number of carbonyl (C=O) groups excluding carboxylic acids is 1. The lowest BCUT2D eigenvalue weighted by Gasteiger charge is -2.19. The fraction of sp³-hybridized carbons (Fsp3) is 0.300. The van der Waals surface area contributed by atoms with Crippen molar-refractivity contribution in [3.05, 3.63) is 101 Å². The Balaban J connectivity index is 1.37. The molecule has 5 rings (SSSR count). The lowest BCUT2D eigenvalue weighted by Crippen LogP contribution is -2.29. The number of nitrogens with zero attached hydrogens (tertiary/aromatic N) is 1. The highest BCUT2D eigenvalue weighted by atomic mass is 16.5. The second-order valence-electron chi connectivity index (χ2n) is 9.16. The van der Waals surface area contributed by atoms with Gasteiger partial charge in [0, 0.05) is 18.5 Å². The topological polar surface area (TPSA) is 49.8 Å². The predicted octanol–water partition coefficient (Wildman–Crippen LogP) is 5.89. The molecule has 3 aromatic rings. The number of likely N-dealkylation sites (tertiary alicyclic amines) is 1. The summed E-state index contributed by atoms with van der Waals surface area (Å²) in [6.45, 7) is 3.98. The zero-order valence-electron chi connectivity index (χ0n) is 19.5. The maximum absolute atomic E-state index is 13.5. The Kier molecular flexibility index (Phi) is 6.77. The number of fused-ring (bicyclic) bond motifs is 1. The third-order valence-corrected chi connectivity index (χ3v) is 6.90. The molecule has 0 unspecified atom stereocenters. The zero-order chi connectivity index (χ0) is 23.3. The Hall–Kier alpha value is -3.37. The van der Waals surface area contributed by atoms with Gasteiger partial charge in [-0.1, -0.05) is 61.4 Å². The Labute approximate surface area is 201 Å². The average Bonchev–Trinajstić information content (AvgIpc) is 3.06. The van der Waals surface area contributed by atoms with Crippen LogP contribution in [0.1, 0.15) is 52.7 Å². The van der Waals surface area contributed by atoms with Crippen molar-refractivity contribution < 1.29 is 14.6 Å². The Morgan fingerprint density at radius 2 is 1.56 bits per heavy atom. The van der Waals surface area contributed by atoms with Gasteiger partial charge in [0.05, 0.1) is 5.56 Å². The third kappa shape index (κ3) is 4.78. The summed E-state index contributed by atoms with van der Waals surface area (Å²) < 4.78 is 6.04. The maximum Gasteiger partial charge on any atom is 0.193 e. The first-order chi connectivity index (χ1) is 16.7. The molecule has 0 radical (unpaired) electrons. The van der Waals surface area contributed by atoms with Crippen LogP contribution < -0.4 is 4.74 Å². The van der Waals surface area contributed by atoms with E-state index in [2.05, 4.69) is 17.0 Å². The first-order valence-electron chi connectivity index (χ1n) is 12.3. The van der Waals surface area contributed by atoms with Gasteiger partial charge in [-0.3, -0.25) is 9.69 Å². The molecule has 4 heteroatoms. The van der Waals surface area contributed by atoms with Crippen molar-refractivity contribution >= 4 is 11.4 Å². The van der Waals surface area contributed by atoms with Crippen LogP contribution in [0.25, 0.3) is 5.57 Å². The molecule has 0 atom stereocenters. The Bertz CT molecular complexity index is 1190. The monoisotopic (exact) mass is 453 g/mol. The number of allylic oxidation sites excluding steroid dienone is 1. The number of phenolic OH excluding ortho intramolecular Hbond substituents is 1. The SMILES string of the molecule is O=C(C1=C(c2ccc(OCCN3CCCCCC3)cc2)c2ccccc2C1)c1ccccc1O. The van der Waals surface area contributed by atoms with Gasteiger partial charge in [0.15, 0.2) is 5.78 Å². The van der Waals surface area contributed by atoms with E-state index in [1.165, 1.54) is 38.8 Å². The Morgan fingerprint density at radius 3 is 2.32 bits per heavy atom. The highest BCUT2D eigenvalue weighted by Gasteiger charge is 2.28. The molecule has 0 amide bonds. The van der Waals surface area contributed by atoms with Crippen LogP contribution in [0, 0.1) is 0 Å². The molecular formula is C30H31NO3. The summed E-state index contributed by atoms with van der Waals surface area (Å²) in [5.41, 5.74) is 5.21. The van der Waals surface area contributed by atoms with Gasteiger partial charge in [-0.25, -0.2) is 0 Å². The summed E-state index contributed by atoms with van der Waals surface area (Å²) >= 11 is 0. The molecule has 1 saturated heterocycles. The standard InChI is InChI=1S/C30H31NO3/c32-28-12-6-5-11-26(28)30(33)27-21-23-9-3-4-10-25(23)29(27)22-13-15-24(16-14-22)34-20-19-31-17-7-1-2-8-18-31/h3-6,9-16,32H,1-2,7-8,17-21H2. The van der Waals surface area contributed by atoms with E-state index in [1.54, 1.807) is 24.3 Å². The number of carbonyl (C=O) groups is 1. The molecular weight excluding hydrogens is 422 g/mol. The summed E-state index contributed by atoms with van der Waals surface area (Å²) in [5.74, 6) is 0.740. The Morgan fingerprint density at radius 1 is 0.853 bits per heavy atom. The van der Waals surface area contributed by atoms with Crippen molar-refractivity contribution in [2.45, 2.75) is 32.1 Å². The van der Waals surface area contributed by atoms with E-state index < -0.39 is 0 Å². The normalized spacial score (nSPS) is 16.2. The van der Waals surface area contributed by atoms with Gasteiger partial charge in [-0.15, -0.1) is 0 Å². The van der Waals surface area contributed by atoms with Crippen molar-refractivity contribution in [3.63, 3.8) is 0 Å². The first kappa shape index (κ1) is 22.4. The van der Waals surface area contributed by atoms with E-state index in [1.807, 2.05) is 36.4 Å². The number of ketones is 1. The fourth-order valence-electron chi connectivity index (χ4n) is 5.08. The summed E-state index contributed by atoms with van der Waals surface area (Å²) in [6.07, 6.45) is 5.81. The van der Waals surface area contributed by atoms with Gasteiger partial charge < -0.3 is 9.84 Å². The molecule has 1 fully saturated rings. The van der Waals surface area contributed by atoms with E-state index in [4.69, 9.17) is 4.74 Å². The van der Waals surface area contributed by atoms with Gasteiger partial charge in [-0.05, 0) is 72.5 Å². The lowest BCUT2D eigenvalue weighted by molar-refractivity contribution is 0.103. The third-order valence-electron chi connectivity index (χ3n) is 6.90. The molecule has 34 heavy (non-hydrogen) atoms. The summed E-state index contributed by atoms with van der Waals surface area (Å²) in [7, 11) is 0. The molecule has 0 spiro atoms. The molecule has 1 N–H and O–H groups in total. The van der Waals surface area contributed by atoms with Crippen molar-refractivity contribution in [1.82, 2.24) is 4.90 Å². The highest BCUT2D eigenvalue weighted by molar-refractivity contribution is 6.17. The van der Waals surface area contributed by atoms with E-state index in [0.29, 0.717) is 18.6 Å². The number of para-hydroxylation sites is 1. The number of aromatic hydroxyl groups is 1. The van der Waals surface area contributed by atoms with E-state index in [-0.39, 0.29) is 11.5 Å². The van der Waals surface area contributed by atoms with Crippen molar-refractivity contribution in [2.24, 2.45) is 0 Å². The van der Waals surface area contributed by atoms with Gasteiger partial charge >= 0.3 is 0 Å². The van der Waals surface area contributed by atoms with Gasteiger partial charge in [0.25, 0.3) is 0 Å². The fourth-order valence-corrected chi connectivity index (χ4v) is 5.08. The second kappa shape index (κ2) is 10.3. The van der Waals surface area contributed by atoms with Crippen LogP contribution in [-0.2, 0) is 6.42 Å². The summed E-state index contributed by atoms with van der Waals surface area (Å²) in [5, 5.41) is 10.3. The molecule has 0 saturated carbocycles. The smallest absolute Gasteiger partial charge is 0.193 e. The minimum atomic E-state index is -0.123. The van der Waals surface area contributed by atoms with E-state index >= 15 is 0 Å². The minimum Gasteiger partial charge on any atom is -0.507 e. The number of benzene rings is 3. The van der Waals surface area contributed by atoms with Crippen LogP contribution in [0.2, 0.25) is 0 Å².